The van der Waals surface area contributed by atoms with Crippen LogP contribution in [0, 0.1) is 0 Å². The van der Waals surface area contributed by atoms with Crippen LogP contribution in [0.5, 0.6) is 0 Å². The number of amides is 1. The minimum Gasteiger partial charge on any atom is -0.463 e. The third-order valence-corrected chi connectivity index (χ3v) is 5.42. The van der Waals surface area contributed by atoms with Gasteiger partial charge in [-0.1, -0.05) is 0 Å². The summed E-state index contributed by atoms with van der Waals surface area (Å²) < 4.78 is 50.7. The smallest absolute Gasteiger partial charge is 0.303 e. The van der Waals surface area contributed by atoms with E-state index in [4.69, 9.17) is 29.4 Å². The van der Waals surface area contributed by atoms with Gasteiger partial charge in [-0.15, -0.1) is 0 Å². The number of esters is 4. The van der Waals surface area contributed by atoms with Gasteiger partial charge < -0.3 is 29.4 Å². The number of sulfone groups is 1. The number of nitrogens with two attached hydrogens (primary N) is 1. The summed E-state index contributed by atoms with van der Waals surface area (Å²) in [6.07, 6.45) is -6.41. The molecule has 30 heavy (non-hydrogen) atoms. The maximum Gasteiger partial charge on any atom is 0.303 e. The summed E-state index contributed by atoms with van der Waals surface area (Å²) in [6.45, 7) is 3.43. The van der Waals surface area contributed by atoms with Crippen molar-refractivity contribution in [3.8, 4) is 0 Å². The molecule has 0 aromatic heterocycles. The van der Waals surface area contributed by atoms with Gasteiger partial charge >= 0.3 is 23.9 Å². The molecule has 5 atom stereocenters. The highest BCUT2D eigenvalue weighted by Gasteiger charge is 2.56. The quantitative estimate of drug-likeness (QED) is 0.313. The fourth-order valence-electron chi connectivity index (χ4n) is 2.76. The van der Waals surface area contributed by atoms with Crippen LogP contribution in [0.25, 0.3) is 0 Å². The molecule has 0 radical (unpaired) electrons. The normalized spacial score (nSPS) is 26.2. The molecular formula is C16H23NO12S. The minimum absolute atomic E-state index is 0.597. The van der Waals surface area contributed by atoms with Gasteiger partial charge in [0.1, 0.15) is 18.5 Å². The maximum atomic E-state index is 12.7. The fraction of sp³-hybridized carbons (Fsp3) is 0.688. The lowest BCUT2D eigenvalue weighted by Gasteiger charge is -2.43. The molecule has 1 heterocycles. The third-order valence-electron chi connectivity index (χ3n) is 3.65. The molecule has 0 aliphatic carbocycles. The highest BCUT2D eigenvalue weighted by Crippen LogP contribution is 2.32. The van der Waals surface area contributed by atoms with Crippen LogP contribution in [0.4, 0.5) is 0 Å². The first-order valence-corrected chi connectivity index (χ1v) is 10.3. The molecule has 1 saturated heterocycles. The van der Waals surface area contributed by atoms with Crippen LogP contribution in [0.3, 0.4) is 0 Å². The first-order valence-electron chi connectivity index (χ1n) is 8.55. The van der Waals surface area contributed by atoms with Crippen molar-refractivity contribution < 1.29 is 56.1 Å². The van der Waals surface area contributed by atoms with Crippen molar-refractivity contribution in [3.63, 3.8) is 0 Å². The molecule has 0 unspecified atom stereocenters. The molecule has 1 aliphatic rings. The van der Waals surface area contributed by atoms with Crippen molar-refractivity contribution in [3.05, 3.63) is 0 Å². The fourth-order valence-corrected chi connectivity index (χ4v) is 4.25. The third kappa shape index (κ3) is 7.26. The predicted octanol–water partition coefficient (Wildman–Crippen LogP) is -2.03. The van der Waals surface area contributed by atoms with Gasteiger partial charge in [-0.3, -0.25) is 24.0 Å². The second-order valence-electron chi connectivity index (χ2n) is 6.34. The molecule has 2 N–H and O–H groups in total. The van der Waals surface area contributed by atoms with E-state index in [9.17, 15) is 32.4 Å². The molecule has 0 bridgehead atoms. The Balaban J connectivity index is 3.52. The molecule has 0 aromatic carbocycles. The predicted molar refractivity (Wildman–Crippen MR) is 94.9 cm³/mol. The minimum atomic E-state index is -4.52. The summed E-state index contributed by atoms with van der Waals surface area (Å²) in [6, 6.07) is 0. The monoisotopic (exact) mass is 453 g/mol. The number of primary amides is 1. The number of carbonyl (C=O) groups excluding carboxylic acids is 5. The van der Waals surface area contributed by atoms with Crippen molar-refractivity contribution in [2.75, 3.05) is 12.4 Å². The number of rotatable bonds is 8. The number of ether oxygens (including phenoxy) is 5. The van der Waals surface area contributed by atoms with Crippen LogP contribution >= 0.6 is 0 Å². The van der Waals surface area contributed by atoms with E-state index < -0.39 is 81.8 Å². The van der Waals surface area contributed by atoms with Gasteiger partial charge in [0.25, 0.3) is 0 Å². The summed E-state index contributed by atoms with van der Waals surface area (Å²) >= 11 is 0. The van der Waals surface area contributed by atoms with Gasteiger partial charge in [-0.2, -0.15) is 0 Å². The van der Waals surface area contributed by atoms with Gasteiger partial charge in [0.15, 0.2) is 33.6 Å². The van der Waals surface area contributed by atoms with Gasteiger partial charge in [0.2, 0.25) is 5.91 Å². The van der Waals surface area contributed by atoms with E-state index in [1.165, 1.54) is 0 Å². The molecule has 14 heteroatoms. The summed E-state index contributed by atoms with van der Waals surface area (Å²) in [5.74, 6) is -5.92. The van der Waals surface area contributed by atoms with Crippen molar-refractivity contribution in [1.82, 2.24) is 0 Å². The van der Waals surface area contributed by atoms with Crippen molar-refractivity contribution in [2.45, 2.75) is 57.5 Å². The van der Waals surface area contributed by atoms with Crippen LogP contribution in [0.2, 0.25) is 0 Å². The van der Waals surface area contributed by atoms with E-state index in [1.807, 2.05) is 0 Å². The largest absolute Gasteiger partial charge is 0.463 e. The van der Waals surface area contributed by atoms with E-state index in [0.29, 0.717) is 0 Å². The van der Waals surface area contributed by atoms with E-state index in [0.717, 1.165) is 27.7 Å². The SMILES string of the molecule is CC(=O)OC[C@H]1O[C@@H](S(=O)(=O)CC(N)=O)[C@H](OC(C)=O)[C@@H](OC(C)=O)[C@H]1OC(C)=O. The lowest BCUT2D eigenvalue weighted by molar-refractivity contribution is -0.238. The molecule has 170 valence electrons. The number of hydrogen-bond acceptors (Lipinski definition) is 12. The van der Waals surface area contributed by atoms with Gasteiger partial charge in [0, 0.05) is 27.7 Å². The lowest BCUT2D eigenvalue weighted by Crippen LogP contribution is -2.64. The van der Waals surface area contributed by atoms with Crippen LogP contribution in [-0.2, 0) is 57.5 Å². The van der Waals surface area contributed by atoms with Crippen LogP contribution in [0.1, 0.15) is 27.7 Å². The van der Waals surface area contributed by atoms with Gasteiger partial charge in [0.05, 0.1) is 0 Å². The highest BCUT2D eigenvalue weighted by atomic mass is 32.2. The number of carbonyl (C=O) groups is 5. The first-order chi connectivity index (χ1) is 13.7. The van der Waals surface area contributed by atoms with Crippen LogP contribution < -0.4 is 5.73 Å². The molecule has 0 aromatic rings. The van der Waals surface area contributed by atoms with Gasteiger partial charge in [-0.25, -0.2) is 8.42 Å². The van der Waals surface area contributed by atoms with Crippen molar-refractivity contribution >= 4 is 39.6 Å². The molecule has 1 amide bonds. The average Bonchev–Trinajstić information content (AvgIpc) is 2.54. The molecule has 0 saturated carbocycles. The summed E-state index contributed by atoms with van der Waals surface area (Å²) in [5.41, 5.74) is 2.93. The zero-order chi connectivity index (χ0) is 23.2. The van der Waals surface area contributed by atoms with Crippen LogP contribution in [0.15, 0.2) is 0 Å². The van der Waals surface area contributed by atoms with E-state index >= 15 is 0 Å². The molecule has 1 rings (SSSR count). The van der Waals surface area contributed by atoms with E-state index in [2.05, 4.69) is 0 Å². The summed E-state index contributed by atoms with van der Waals surface area (Å²) in [7, 11) is -4.52. The highest BCUT2D eigenvalue weighted by molar-refractivity contribution is 7.92. The average molecular weight is 453 g/mol. The van der Waals surface area contributed by atoms with E-state index in [1.54, 1.807) is 0 Å². The van der Waals surface area contributed by atoms with Crippen LogP contribution in [-0.4, -0.2) is 80.4 Å². The Morgan fingerprint density at radius 1 is 0.800 bits per heavy atom. The molecule has 1 fully saturated rings. The molecule has 0 spiro atoms. The maximum absolute atomic E-state index is 12.7. The number of hydrogen-bond donors (Lipinski definition) is 1. The molecule has 13 nitrogen and oxygen atoms in total. The Labute approximate surface area is 172 Å². The molecular weight excluding hydrogens is 430 g/mol. The second kappa shape index (κ2) is 10.3. The Morgan fingerprint density at radius 3 is 1.70 bits per heavy atom. The standard InChI is InChI=1S/C16H23NO12S/c1-7(18)25-5-11-13(26-8(2)19)14(27-9(3)20)15(28-10(4)21)16(29-11)30(23,24)6-12(17)22/h11,13-16H,5-6H2,1-4H3,(H2,17,22)/t11-,13+,14+,15-,16+/m1/s1. The zero-order valence-electron chi connectivity index (χ0n) is 16.7. The van der Waals surface area contributed by atoms with Crippen molar-refractivity contribution in [1.29, 1.82) is 0 Å². The lowest BCUT2D eigenvalue weighted by atomic mass is 9.99. The van der Waals surface area contributed by atoms with Gasteiger partial charge in [-0.05, 0) is 0 Å². The molecule has 1 aliphatic heterocycles. The zero-order valence-corrected chi connectivity index (χ0v) is 17.5. The Kier molecular flexibility index (Phi) is 8.72. The second-order valence-corrected chi connectivity index (χ2v) is 8.42. The Bertz CT molecular complexity index is 807. The topological polar surface area (TPSA) is 192 Å². The summed E-state index contributed by atoms with van der Waals surface area (Å²) in [5, 5.41) is 0. The first kappa shape index (κ1) is 25.3. The Morgan fingerprint density at radius 2 is 1.27 bits per heavy atom. The van der Waals surface area contributed by atoms with Crippen molar-refractivity contribution in [2.24, 2.45) is 5.73 Å². The van der Waals surface area contributed by atoms with E-state index in [-0.39, 0.29) is 0 Å². The Hall–Kier alpha value is -2.74. The summed E-state index contributed by atoms with van der Waals surface area (Å²) in [4.78, 5) is 57.2.